The molecule has 5 nitrogen and oxygen atoms in total. The molecule has 18 heavy (non-hydrogen) atoms. The minimum atomic E-state index is -0.797. The van der Waals surface area contributed by atoms with Crippen molar-refractivity contribution in [3.8, 4) is 0 Å². The summed E-state index contributed by atoms with van der Waals surface area (Å²) in [4.78, 5) is 25.9. The third kappa shape index (κ3) is 3.22. The van der Waals surface area contributed by atoms with Gasteiger partial charge >= 0.3 is 0 Å². The first-order valence-corrected chi connectivity index (χ1v) is 6.64. The third-order valence-electron chi connectivity index (χ3n) is 3.19. The van der Waals surface area contributed by atoms with Crippen molar-refractivity contribution >= 4 is 11.8 Å². The lowest BCUT2D eigenvalue weighted by molar-refractivity contribution is -0.153. The van der Waals surface area contributed by atoms with Crippen LogP contribution in [0.15, 0.2) is 0 Å². The molecular formula is C13H24N2O3. The van der Waals surface area contributed by atoms with Gasteiger partial charge in [0.2, 0.25) is 11.8 Å². The number of nitrogens with one attached hydrogen (secondary N) is 1. The molecule has 5 heteroatoms. The van der Waals surface area contributed by atoms with Crippen molar-refractivity contribution in [3.05, 3.63) is 0 Å². The molecule has 0 bridgehead atoms. The van der Waals surface area contributed by atoms with Gasteiger partial charge in [0.25, 0.3) is 0 Å². The minimum Gasteiger partial charge on any atom is -0.382 e. The molecule has 1 fully saturated rings. The Morgan fingerprint density at radius 1 is 1.33 bits per heavy atom. The van der Waals surface area contributed by atoms with Crippen LogP contribution in [0.5, 0.6) is 0 Å². The molecule has 1 unspecified atom stereocenters. The number of amides is 2. The fourth-order valence-corrected chi connectivity index (χ4v) is 2.23. The van der Waals surface area contributed by atoms with E-state index < -0.39 is 5.54 Å². The Balaban J connectivity index is 2.68. The lowest BCUT2D eigenvalue weighted by Gasteiger charge is -2.42. The number of hydrogen-bond acceptors (Lipinski definition) is 3. The van der Waals surface area contributed by atoms with Crippen LogP contribution in [-0.2, 0) is 14.3 Å². The molecule has 1 N–H and O–H groups in total. The van der Waals surface area contributed by atoms with Gasteiger partial charge in [0.05, 0.1) is 0 Å². The summed E-state index contributed by atoms with van der Waals surface area (Å²) in [6.45, 7) is 9.23. The maximum absolute atomic E-state index is 12.3. The molecule has 104 valence electrons. The van der Waals surface area contributed by atoms with Crippen LogP contribution in [0.1, 0.15) is 40.5 Å². The Kier molecular flexibility index (Phi) is 5.14. The lowest BCUT2D eigenvalue weighted by Crippen LogP contribution is -2.68. The maximum atomic E-state index is 12.3. The zero-order chi connectivity index (χ0) is 13.8. The average Bonchev–Trinajstić information content (AvgIpc) is 2.30. The van der Waals surface area contributed by atoms with Crippen LogP contribution in [0.4, 0.5) is 0 Å². The Bertz CT molecular complexity index is 315. The molecule has 1 aliphatic rings. The Morgan fingerprint density at radius 3 is 2.56 bits per heavy atom. The number of hydrogen-bond donors (Lipinski definition) is 1. The van der Waals surface area contributed by atoms with Gasteiger partial charge in [-0.1, -0.05) is 6.92 Å². The van der Waals surface area contributed by atoms with Gasteiger partial charge in [0.15, 0.2) is 0 Å². The van der Waals surface area contributed by atoms with E-state index in [1.807, 2.05) is 13.8 Å². The molecule has 2 amide bonds. The van der Waals surface area contributed by atoms with E-state index in [-0.39, 0.29) is 17.9 Å². The Morgan fingerprint density at radius 2 is 2.00 bits per heavy atom. The van der Waals surface area contributed by atoms with Gasteiger partial charge in [-0.25, -0.2) is 0 Å². The highest BCUT2D eigenvalue weighted by molar-refractivity contribution is 5.99. The van der Waals surface area contributed by atoms with E-state index in [0.29, 0.717) is 26.2 Å². The predicted octanol–water partition coefficient (Wildman–Crippen LogP) is 0.929. The highest BCUT2D eigenvalue weighted by Crippen LogP contribution is 2.20. The monoisotopic (exact) mass is 256 g/mol. The van der Waals surface area contributed by atoms with Crippen LogP contribution in [0.3, 0.4) is 0 Å². The van der Waals surface area contributed by atoms with E-state index >= 15 is 0 Å². The summed E-state index contributed by atoms with van der Waals surface area (Å²) >= 11 is 0. The maximum Gasteiger partial charge on any atom is 0.248 e. The molecule has 0 aromatic carbocycles. The van der Waals surface area contributed by atoms with Crippen molar-refractivity contribution in [2.75, 3.05) is 19.8 Å². The van der Waals surface area contributed by atoms with Gasteiger partial charge in [-0.2, -0.15) is 0 Å². The van der Waals surface area contributed by atoms with Crippen molar-refractivity contribution in [3.63, 3.8) is 0 Å². The second kappa shape index (κ2) is 6.18. The summed E-state index contributed by atoms with van der Waals surface area (Å²) in [6.07, 6.45) is 1.40. The highest BCUT2D eigenvalue weighted by Gasteiger charge is 2.43. The first-order chi connectivity index (χ1) is 8.44. The van der Waals surface area contributed by atoms with Crippen LogP contribution in [-0.4, -0.2) is 48.1 Å². The number of nitrogens with zero attached hydrogens (tertiary/aromatic N) is 1. The second-order valence-corrected chi connectivity index (χ2v) is 5.09. The van der Waals surface area contributed by atoms with Crippen LogP contribution in [0.2, 0.25) is 0 Å². The predicted molar refractivity (Wildman–Crippen MR) is 69.1 cm³/mol. The van der Waals surface area contributed by atoms with Crippen LogP contribution in [0.25, 0.3) is 0 Å². The van der Waals surface area contributed by atoms with Gasteiger partial charge in [0, 0.05) is 19.8 Å². The standard InChI is InChI=1S/C13H24N2O3/c1-5-10-11(16)14-13(3,4)12(17)15(10)8-7-9-18-6-2/h10H,5-9H2,1-4H3,(H,14,16). The quantitative estimate of drug-likeness (QED) is 0.719. The Hall–Kier alpha value is -1.10. The SMILES string of the molecule is CCOCCCN1C(=O)C(C)(C)NC(=O)C1CC. The van der Waals surface area contributed by atoms with E-state index in [2.05, 4.69) is 5.32 Å². The normalized spacial score (nSPS) is 23.1. The van der Waals surface area contributed by atoms with Crippen LogP contribution in [0, 0.1) is 0 Å². The number of piperazine rings is 1. The first-order valence-electron chi connectivity index (χ1n) is 6.64. The molecule has 0 radical (unpaired) electrons. The van der Waals surface area contributed by atoms with Gasteiger partial charge in [0.1, 0.15) is 11.6 Å². The molecule has 1 heterocycles. The first kappa shape index (κ1) is 15.0. The lowest BCUT2D eigenvalue weighted by atomic mass is 9.95. The van der Waals surface area contributed by atoms with Gasteiger partial charge in [-0.15, -0.1) is 0 Å². The fourth-order valence-electron chi connectivity index (χ4n) is 2.23. The van der Waals surface area contributed by atoms with Crippen LogP contribution < -0.4 is 5.32 Å². The number of carbonyl (C=O) groups excluding carboxylic acids is 2. The summed E-state index contributed by atoms with van der Waals surface area (Å²) in [5.41, 5.74) is -0.797. The van der Waals surface area contributed by atoms with Crippen LogP contribution >= 0.6 is 0 Å². The summed E-state index contributed by atoms with van der Waals surface area (Å²) in [7, 11) is 0. The second-order valence-electron chi connectivity index (χ2n) is 5.09. The zero-order valence-corrected chi connectivity index (χ0v) is 11.8. The molecule has 0 spiro atoms. The Labute approximate surface area is 109 Å². The molecule has 0 saturated carbocycles. The fraction of sp³-hybridized carbons (Fsp3) is 0.846. The van der Waals surface area contributed by atoms with E-state index in [4.69, 9.17) is 4.74 Å². The highest BCUT2D eigenvalue weighted by atomic mass is 16.5. The smallest absolute Gasteiger partial charge is 0.248 e. The van der Waals surface area contributed by atoms with Gasteiger partial charge < -0.3 is 15.0 Å². The molecule has 0 aromatic heterocycles. The molecule has 1 rings (SSSR count). The molecular weight excluding hydrogens is 232 g/mol. The van der Waals surface area contributed by atoms with Crippen molar-refractivity contribution in [2.24, 2.45) is 0 Å². The number of rotatable bonds is 6. The van der Waals surface area contributed by atoms with E-state index in [0.717, 1.165) is 6.42 Å². The van der Waals surface area contributed by atoms with Crippen molar-refractivity contribution in [1.82, 2.24) is 10.2 Å². The van der Waals surface area contributed by atoms with Gasteiger partial charge in [-0.05, 0) is 33.6 Å². The van der Waals surface area contributed by atoms with Crippen molar-refractivity contribution in [1.29, 1.82) is 0 Å². The summed E-state index contributed by atoms with van der Waals surface area (Å²) in [6, 6.07) is -0.341. The number of carbonyl (C=O) groups is 2. The topological polar surface area (TPSA) is 58.6 Å². The molecule has 0 aromatic rings. The zero-order valence-electron chi connectivity index (χ0n) is 11.8. The molecule has 0 aliphatic carbocycles. The molecule has 1 aliphatic heterocycles. The average molecular weight is 256 g/mol. The molecule has 1 saturated heterocycles. The summed E-state index contributed by atoms with van der Waals surface area (Å²) in [5, 5.41) is 2.78. The minimum absolute atomic E-state index is 0.00884. The molecule has 1 atom stereocenters. The van der Waals surface area contributed by atoms with Crippen molar-refractivity contribution in [2.45, 2.75) is 52.1 Å². The van der Waals surface area contributed by atoms with E-state index in [1.165, 1.54) is 0 Å². The van der Waals surface area contributed by atoms with Crippen molar-refractivity contribution < 1.29 is 14.3 Å². The summed E-state index contributed by atoms with van der Waals surface area (Å²) in [5.74, 6) is -0.0658. The van der Waals surface area contributed by atoms with Gasteiger partial charge in [-0.3, -0.25) is 9.59 Å². The third-order valence-corrected chi connectivity index (χ3v) is 3.19. The number of ether oxygens (including phenoxy) is 1. The summed E-state index contributed by atoms with van der Waals surface area (Å²) < 4.78 is 5.27. The largest absolute Gasteiger partial charge is 0.382 e. The van der Waals surface area contributed by atoms with E-state index in [9.17, 15) is 9.59 Å². The van der Waals surface area contributed by atoms with E-state index in [1.54, 1.807) is 18.7 Å².